The number of carbonyl (C=O) groups is 2. The highest BCUT2D eigenvalue weighted by atomic mass is 16.4. The monoisotopic (exact) mass is 822 g/mol. The second kappa shape index (κ2) is 18.5. The van der Waals surface area contributed by atoms with Gasteiger partial charge in [-0.1, -0.05) is 59.7 Å². The van der Waals surface area contributed by atoms with E-state index in [1.165, 1.54) is 44.5 Å². The highest BCUT2D eigenvalue weighted by Crippen LogP contribution is 2.37. The van der Waals surface area contributed by atoms with Crippen molar-refractivity contribution in [2.75, 3.05) is 39.3 Å². The lowest BCUT2D eigenvalue weighted by molar-refractivity contribution is 0.0673. The molecule has 13 nitrogen and oxygen atoms in total. The Bertz CT molecular complexity index is 2380. The van der Waals surface area contributed by atoms with Crippen molar-refractivity contribution in [2.45, 2.75) is 64.7 Å². The van der Waals surface area contributed by atoms with Gasteiger partial charge in [-0.2, -0.15) is 0 Å². The molecule has 2 aromatic carbocycles. The normalized spacial score (nSPS) is 16.5. The molecule has 13 heteroatoms. The summed E-state index contributed by atoms with van der Waals surface area (Å²) < 4.78 is 8.23. The minimum absolute atomic E-state index is 0. The number of piperidine rings is 2. The fourth-order valence-corrected chi connectivity index (χ4v) is 9.52. The van der Waals surface area contributed by atoms with Gasteiger partial charge in [0.2, 0.25) is 0 Å². The smallest absolute Gasteiger partial charge is 0.352 e. The van der Waals surface area contributed by atoms with Crippen molar-refractivity contribution in [1.29, 1.82) is 0 Å². The van der Waals surface area contributed by atoms with E-state index in [-0.39, 0.29) is 5.48 Å². The molecule has 316 valence electrons. The van der Waals surface area contributed by atoms with Crippen LogP contribution in [0.5, 0.6) is 0 Å². The van der Waals surface area contributed by atoms with E-state index in [1.807, 2.05) is 33.9 Å². The average molecular weight is 823 g/mol. The number of fused-ring (bicyclic) bond motifs is 4. The number of benzene rings is 2. The fraction of sp³-hybridized carbons (Fsp3) is 0.333. The molecule has 0 bridgehead atoms. The number of aromatic carboxylic acids is 2. The van der Waals surface area contributed by atoms with Crippen molar-refractivity contribution in [2.24, 2.45) is 0 Å². The summed E-state index contributed by atoms with van der Waals surface area (Å²) >= 11 is 0. The van der Waals surface area contributed by atoms with Crippen LogP contribution in [0.1, 0.15) is 80.6 Å². The lowest BCUT2D eigenvalue weighted by atomic mass is 9.90. The fourth-order valence-electron chi connectivity index (χ4n) is 9.52. The molecule has 4 aliphatic heterocycles. The van der Waals surface area contributed by atoms with E-state index in [9.17, 15) is 19.8 Å². The highest BCUT2D eigenvalue weighted by Gasteiger charge is 2.27. The maximum Gasteiger partial charge on any atom is 0.352 e. The zero-order chi connectivity index (χ0) is 41.0. The average Bonchev–Trinajstić information content (AvgIpc) is 4.10. The number of carboxylic acid groups (broad SMARTS) is 2. The van der Waals surface area contributed by atoms with E-state index in [0.29, 0.717) is 24.5 Å². The molecule has 0 unspecified atom stereocenters. The third kappa shape index (κ3) is 8.81. The molecule has 0 amide bonds. The van der Waals surface area contributed by atoms with E-state index in [1.54, 1.807) is 24.3 Å². The molecular weight excluding hydrogens is 769 g/mol. The van der Waals surface area contributed by atoms with Crippen molar-refractivity contribution in [1.82, 2.24) is 38.0 Å². The van der Waals surface area contributed by atoms with Crippen LogP contribution in [-0.4, -0.2) is 105 Å². The van der Waals surface area contributed by atoms with Crippen LogP contribution in [0.2, 0.25) is 0 Å². The summed E-state index contributed by atoms with van der Waals surface area (Å²) in [6.07, 6.45) is 17.9. The number of hydrogen-bond acceptors (Lipinski definition) is 6. The number of likely N-dealkylation sites (tertiary alicyclic amines) is 2. The first-order valence-electron chi connectivity index (χ1n) is 21.3. The summed E-state index contributed by atoms with van der Waals surface area (Å²) in [6.45, 7) is 9.04. The Kier molecular flexibility index (Phi) is 12.6. The van der Waals surface area contributed by atoms with Gasteiger partial charge in [-0.15, -0.1) is 0 Å². The van der Waals surface area contributed by atoms with Crippen molar-refractivity contribution in [3.63, 3.8) is 0 Å². The number of carboxylic acids is 2. The molecular formula is C48H54N8O5. The first kappa shape index (κ1) is 41.5. The van der Waals surface area contributed by atoms with Crippen LogP contribution in [0.25, 0.3) is 11.1 Å². The molecule has 10 rings (SSSR count). The van der Waals surface area contributed by atoms with Crippen LogP contribution in [0.4, 0.5) is 0 Å². The molecule has 4 aliphatic rings. The summed E-state index contributed by atoms with van der Waals surface area (Å²) in [7, 11) is 0. The Morgan fingerprint density at radius 1 is 0.492 bits per heavy atom. The van der Waals surface area contributed by atoms with Crippen molar-refractivity contribution < 1.29 is 25.3 Å². The Hall–Kier alpha value is -6.28. The van der Waals surface area contributed by atoms with Crippen LogP contribution >= 0.6 is 0 Å². The zero-order valence-electron chi connectivity index (χ0n) is 34.5. The van der Waals surface area contributed by atoms with Gasteiger partial charge in [0.25, 0.3) is 0 Å². The molecule has 0 atom stereocenters. The van der Waals surface area contributed by atoms with Crippen LogP contribution in [0.15, 0.2) is 121 Å². The first-order valence-corrected chi connectivity index (χ1v) is 21.3. The van der Waals surface area contributed by atoms with E-state index in [4.69, 9.17) is 9.97 Å². The SMILES string of the molecule is O.O=C(O)c1cccn1CCN1CCC(=C2c3ccccc3CCn3ccnc32)CC1.O=C(O)c1cccn1CCN1CCC(=C2c3ccccc3CCn3ccnc32)CC1. The number of imidazole rings is 2. The maximum absolute atomic E-state index is 11.3. The molecule has 0 aliphatic carbocycles. The lowest BCUT2D eigenvalue weighted by Gasteiger charge is -2.30. The standard InChI is InChI=1S/2C24H26N4O2.H2O/c2*29-24(30)21-6-3-11-27(21)17-16-26-12-7-19(8-13-26)22-20-5-2-1-4-18(20)9-14-28-15-10-25-23(22)28;/h2*1-6,10-11,15H,7-9,12-14,16-17H2,(H,29,30);1H2. The third-order valence-corrected chi connectivity index (χ3v) is 12.7. The minimum atomic E-state index is -0.867. The van der Waals surface area contributed by atoms with Crippen molar-refractivity contribution in [3.8, 4) is 0 Å². The largest absolute Gasteiger partial charge is 0.477 e. The predicted octanol–water partition coefficient (Wildman–Crippen LogP) is 6.25. The third-order valence-electron chi connectivity index (χ3n) is 12.7. The Balaban J connectivity index is 0.000000166. The quantitative estimate of drug-likeness (QED) is 0.183. The molecule has 2 saturated heterocycles. The maximum atomic E-state index is 11.3. The van der Waals surface area contributed by atoms with Gasteiger partial charge < -0.3 is 43.8 Å². The zero-order valence-corrected chi connectivity index (χ0v) is 34.5. The number of rotatable bonds is 8. The first-order chi connectivity index (χ1) is 29.4. The van der Waals surface area contributed by atoms with Crippen molar-refractivity contribution >= 4 is 23.1 Å². The molecule has 4 aromatic heterocycles. The van der Waals surface area contributed by atoms with E-state index in [2.05, 4.69) is 79.9 Å². The lowest BCUT2D eigenvalue weighted by Crippen LogP contribution is -2.34. The summed E-state index contributed by atoms with van der Waals surface area (Å²) in [5.41, 5.74) is 11.8. The van der Waals surface area contributed by atoms with Gasteiger partial charge in [-0.3, -0.25) is 0 Å². The van der Waals surface area contributed by atoms with Gasteiger partial charge in [0.05, 0.1) is 0 Å². The van der Waals surface area contributed by atoms with Crippen molar-refractivity contribution in [3.05, 3.63) is 166 Å². The summed E-state index contributed by atoms with van der Waals surface area (Å²) in [6, 6.07) is 24.4. The molecule has 61 heavy (non-hydrogen) atoms. The summed E-state index contributed by atoms with van der Waals surface area (Å²) in [5.74, 6) is 0.463. The molecule has 2 fully saturated rings. The molecule has 0 saturated carbocycles. The van der Waals surface area contributed by atoms with E-state index < -0.39 is 11.9 Å². The van der Waals surface area contributed by atoms with Crippen LogP contribution in [0, 0.1) is 0 Å². The number of aromatic nitrogens is 6. The molecule has 6 aromatic rings. The Labute approximate surface area is 355 Å². The molecule has 0 spiro atoms. The number of nitrogens with zero attached hydrogens (tertiary/aromatic N) is 8. The van der Waals surface area contributed by atoms with Gasteiger partial charge in [0.15, 0.2) is 0 Å². The van der Waals surface area contributed by atoms with Gasteiger partial charge in [0.1, 0.15) is 23.0 Å². The second-order valence-corrected chi connectivity index (χ2v) is 16.1. The van der Waals surface area contributed by atoms with Crippen LogP contribution < -0.4 is 0 Å². The van der Waals surface area contributed by atoms with Crippen LogP contribution in [0.3, 0.4) is 0 Å². The molecule has 0 radical (unpaired) electrons. The predicted molar refractivity (Wildman–Crippen MR) is 235 cm³/mol. The van der Waals surface area contributed by atoms with Gasteiger partial charge in [-0.25, -0.2) is 19.6 Å². The number of aryl methyl sites for hydroxylation is 4. The van der Waals surface area contributed by atoms with E-state index >= 15 is 0 Å². The van der Waals surface area contributed by atoms with E-state index in [0.717, 1.165) is 103 Å². The Morgan fingerprint density at radius 3 is 1.31 bits per heavy atom. The highest BCUT2D eigenvalue weighted by molar-refractivity contribution is 5.86. The molecule has 4 N–H and O–H groups in total. The molecule has 8 heterocycles. The topological polar surface area (TPSA) is 158 Å². The Morgan fingerprint density at radius 2 is 0.902 bits per heavy atom. The summed E-state index contributed by atoms with van der Waals surface area (Å²) in [5, 5.41) is 18.6. The second-order valence-electron chi connectivity index (χ2n) is 16.1. The number of hydrogen-bond donors (Lipinski definition) is 2. The van der Waals surface area contributed by atoms with Crippen LogP contribution in [-0.2, 0) is 39.0 Å². The van der Waals surface area contributed by atoms with Gasteiger partial charge >= 0.3 is 11.9 Å². The summed E-state index contributed by atoms with van der Waals surface area (Å²) in [4.78, 5) is 36.9. The minimum Gasteiger partial charge on any atom is -0.477 e. The van der Waals surface area contributed by atoms with Gasteiger partial charge in [-0.05, 0) is 85.0 Å². The van der Waals surface area contributed by atoms with Gasteiger partial charge in [0, 0.05) is 114 Å².